The van der Waals surface area contributed by atoms with Gasteiger partial charge in [-0.3, -0.25) is 0 Å². The van der Waals surface area contributed by atoms with Gasteiger partial charge < -0.3 is 15.2 Å². The molecule has 0 atom stereocenters. The van der Waals surface area contributed by atoms with Crippen molar-refractivity contribution in [2.24, 2.45) is 0 Å². The Morgan fingerprint density at radius 2 is 1.80 bits per heavy atom. The van der Waals surface area contributed by atoms with Crippen LogP contribution in [0.1, 0.15) is 11.4 Å². The van der Waals surface area contributed by atoms with Gasteiger partial charge >= 0.3 is 6.18 Å². The quantitative estimate of drug-likeness (QED) is 0.714. The summed E-state index contributed by atoms with van der Waals surface area (Å²) >= 11 is 0. The first-order valence-corrected chi connectivity index (χ1v) is 7.56. The Hall–Kier alpha value is -3.03. The molecule has 0 saturated carbocycles. The molecule has 25 heavy (non-hydrogen) atoms. The Bertz CT molecular complexity index is 949. The first-order chi connectivity index (χ1) is 11.9. The van der Waals surface area contributed by atoms with Crippen LogP contribution in [0.3, 0.4) is 0 Å². The molecule has 128 valence electrons. The molecular weight excluding hydrogens is 333 g/mol. The van der Waals surface area contributed by atoms with Crippen molar-refractivity contribution in [1.82, 2.24) is 10.1 Å². The molecule has 2 aromatic carbocycles. The van der Waals surface area contributed by atoms with Crippen molar-refractivity contribution in [3.8, 4) is 22.6 Å². The smallest absolute Gasteiger partial charge is 0.366 e. The molecule has 5 nitrogen and oxygen atoms in total. The van der Waals surface area contributed by atoms with Crippen LogP contribution in [-0.2, 0) is 6.18 Å². The molecule has 2 heterocycles. The first-order valence-electron chi connectivity index (χ1n) is 7.56. The van der Waals surface area contributed by atoms with Gasteiger partial charge in [0.25, 0.3) is 11.7 Å². The lowest BCUT2D eigenvalue weighted by Gasteiger charge is -2.10. The van der Waals surface area contributed by atoms with Gasteiger partial charge in [-0.05, 0) is 41.8 Å². The zero-order chi connectivity index (χ0) is 17.6. The van der Waals surface area contributed by atoms with Crippen LogP contribution < -0.4 is 10.6 Å². The Morgan fingerprint density at radius 1 is 1.04 bits per heavy atom. The average molecular weight is 346 g/mol. The zero-order valence-electron chi connectivity index (χ0n) is 13.1. The molecule has 0 unspecified atom stereocenters. The van der Waals surface area contributed by atoms with Gasteiger partial charge in [0, 0.05) is 5.56 Å². The molecule has 0 bridgehead atoms. The molecule has 1 aliphatic heterocycles. The number of rotatable bonds is 2. The molecule has 0 spiro atoms. The minimum atomic E-state index is -4.63. The second-order valence-electron chi connectivity index (χ2n) is 5.69. The number of benzene rings is 2. The highest BCUT2D eigenvalue weighted by molar-refractivity contribution is 5.83. The summed E-state index contributed by atoms with van der Waals surface area (Å²) in [7, 11) is 0. The van der Waals surface area contributed by atoms with E-state index in [9.17, 15) is 13.2 Å². The number of hydrogen-bond acceptors (Lipinski definition) is 5. The number of nitrogens with one attached hydrogen (secondary N) is 2. The Kier molecular flexibility index (Phi) is 3.41. The molecular formula is C17H13F3N4O. The van der Waals surface area contributed by atoms with Crippen LogP contribution in [0.4, 0.5) is 24.5 Å². The predicted molar refractivity (Wildman–Crippen MR) is 87.0 cm³/mol. The Balaban J connectivity index is 1.77. The standard InChI is InChI=1S/C17H13F3N4O/c1-9-11(10-5-6-13-14(7-10)22-8-21-13)3-2-4-12(9)15-23-16(24-25-15)17(18,19)20/h2-7,21-22H,8H2,1H3. The number of nitrogens with zero attached hydrogens (tertiary/aromatic N) is 2. The number of hydrogen-bond donors (Lipinski definition) is 2. The number of anilines is 2. The lowest BCUT2D eigenvalue weighted by molar-refractivity contribution is -0.146. The summed E-state index contributed by atoms with van der Waals surface area (Å²) in [5, 5.41) is 9.44. The Labute approximate surface area is 140 Å². The normalized spacial score (nSPS) is 13.3. The van der Waals surface area contributed by atoms with Gasteiger partial charge in [0.05, 0.1) is 18.0 Å². The maximum Gasteiger partial charge on any atom is 0.455 e. The van der Waals surface area contributed by atoms with E-state index in [1.54, 1.807) is 12.1 Å². The molecule has 0 saturated heterocycles. The maximum absolute atomic E-state index is 12.7. The third-order valence-corrected chi connectivity index (χ3v) is 4.13. The minimum Gasteiger partial charge on any atom is -0.366 e. The van der Waals surface area contributed by atoms with E-state index in [-0.39, 0.29) is 5.89 Å². The topological polar surface area (TPSA) is 63.0 Å². The zero-order valence-corrected chi connectivity index (χ0v) is 13.1. The molecule has 0 amide bonds. The van der Waals surface area contributed by atoms with E-state index in [0.29, 0.717) is 12.2 Å². The first kappa shape index (κ1) is 15.5. The molecule has 1 aromatic heterocycles. The number of fused-ring (bicyclic) bond motifs is 1. The van der Waals surface area contributed by atoms with Crippen molar-refractivity contribution in [2.75, 3.05) is 17.3 Å². The van der Waals surface area contributed by atoms with Crippen LogP contribution in [-0.4, -0.2) is 16.8 Å². The highest BCUT2D eigenvalue weighted by Gasteiger charge is 2.37. The molecule has 0 aliphatic carbocycles. The number of alkyl halides is 3. The predicted octanol–water partition coefficient (Wildman–Crippen LogP) is 4.53. The van der Waals surface area contributed by atoms with Crippen molar-refractivity contribution >= 4 is 11.4 Å². The molecule has 1 aliphatic rings. The molecule has 0 radical (unpaired) electrons. The van der Waals surface area contributed by atoms with E-state index in [0.717, 1.165) is 28.1 Å². The van der Waals surface area contributed by atoms with Crippen LogP contribution in [0.2, 0.25) is 0 Å². The Morgan fingerprint density at radius 3 is 2.56 bits per heavy atom. The van der Waals surface area contributed by atoms with Crippen molar-refractivity contribution < 1.29 is 17.7 Å². The fourth-order valence-corrected chi connectivity index (χ4v) is 2.87. The largest absolute Gasteiger partial charge is 0.455 e. The molecule has 4 rings (SSSR count). The lowest BCUT2D eigenvalue weighted by Crippen LogP contribution is -2.07. The van der Waals surface area contributed by atoms with Crippen molar-refractivity contribution in [1.29, 1.82) is 0 Å². The maximum atomic E-state index is 12.7. The average Bonchev–Trinajstić information content (AvgIpc) is 3.23. The lowest BCUT2D eigenvalue weighted by atomic mass is 9.96. The van der Waals surface area contributed by atoms with Crippen LogP contribution in [0, 0.1) is 6.92 Å². The highest BCUT2D eigenvalue weighted by atomic mass is 19.4. The summed E-state index contributed by atoms with van der Waals surface area (Å²) in [5.74, 6) is -1.42. The van der Waals surface area contributed by atoms with Crippen LogP contribution in [0.5, 0.6) is 0 Å². The van der Waals surface area contributed by atoms with Gasteiger partial charge in [-0.15, -0.1) is 0 Å². The fraction of sp³-hybridized carbons (Fsp3) is 0.176. The SMILES string of the molecule is Cc1c(-c2ccc3c(c2)NCN3)cccc1-c1nc(C(F)(F)F)no1. The summed E-state index contributed by atoms with van der Waals surface area (Å²) in [5.41, 5.74) is 5.09. The second-order valence-corrected chi connectivity index (χ2v) is 5.69. The van der Waals surface area contributed by atoms with E-state index in [1.807, 2.05) is 31.2 Å². The summed E-state index contributed by atoms with van der Waals surface area (Å²) in [6.07, 6.45) is -4.63. The minimum absolute atomic E-state index is 0.146. The van der Waals surface area contributed by atoms with Gasteiger partial charge in [0.2, 0.25) is 0 Å². The number of halogens is 3. The van der Waals surface area contributed by atoms with Crippen molar-refractivity contribution in [2.45, 2.75) is 13.1 Å². The van der Waals surface area contributed by atoms with Gasteiger partial charge in [-0.2, -0.15) is 18.2 Å². The summed E-state index contributed by atoms with van der Waals surface area (Å²) in [4.78, 5) is 3.48. The second kappa shape index (κ2) is 5.51. The highest BCUT2D eigenvalue weighted by Crippen LogP contribution is 2.36. The summed E-state index contributed by atoms with van der Waals surface area (Å²) < 4.78 is 42.9. The third kappa shape index (κ3) is 2.69. The van der Waals surface area contributed by atoms with E-state index >= 15 is 0 Å². The van der Waals surface area contributed by atoms with Crippen LogP contribution >= 0.6 is 0 Å². The molecule has 0 fully saturated rings. The van der Waals surface area contributed by atoms with Crippen molar-refractivity contribution in [3.05, 3.63) is 47.8 Å². The van der Waals surface area contributed by atoms with Crippen molar-refractivity contribution in [3.63, 3.8) is 0 Å². The molecule has 3 aromatic rings. The van der Waals surface area contributed by atoms with Crippen LogP contribution in [0.25, 0.3) is 22.6 Å². The fourth-order valence-electron chi connectivity index (χ4n) is 2.87. The van der Waals surface area contributed by atoms with E-state index in [2.05, 4.69) is 20.8 Å². The van der Waals surface area contributed by atoms with Gasteiger partial charge in [0.1, 0.15) is 0 Å². The van der Waals surface area contributed by atoms with Gasteiger partial charge in [-0.1, -0.05) is 23.4 Å². The van der Waals surface area contributed by atoms with E-state index in [4.69, 9.17) is 4.52 Å². The molecule has 8 heteroatoms. The number of aromatic nitrogens is 2. The van der Waals surface area contributed by atoms with E-state index < -0.39 is 12.0 Å². The van der Waals surface area contributed by atoms with Crippen LogP contribution in [0.15, 0.2) is 40.9 Å². The third-order valence-electron chi connectivity index (χ3n) is 4.13. The summed E-state index contributed by atoms with van der Waals surface area (Å²) in [6.45, 7) is 2.49. The monoisotopic (exact) mass is 346 g/mol. The van der Waals surface area contributed by atoms with Gasteiger partial charge in [0.15, 0.2) is 0 Å². The van der Waals surface area contributed by atoms with E-state index in [1.165, 1.54) is 0 Å². The van der Waals surface area contributed by atoms with Gasteiger partial charge in [-0.25, -0.2) is 0 Å². The summed E-state index contributed by atoms with van der Waals surface area (Å²) in [6, 6.07) is 11.2. The molecule has 2 N–H and O–H groups in total.